The van der Waals surface area contributed by atoms with Gasteiger partial charge in [-0.25, -0.2) is 4.98 Å². The van der Waals surface area contributed by atoms with Gasteiger partial charge in [0.2, 0.25) is 0 Å². The van der Waals surface area contributed by atoms with Gasteiger partial charge in [-0.3, -0.25) is 0 Å². The molecule has 1 aromatic rings. The Hall–Kier alpha value is -1.09. The molecule has 3 heteroatoms. The molecule has 1 rings (SSSR count). The van der Waals surface area contributed by atoms with E-state index in [2.05, 4.69) is 57.1 Å². The SMILES string of the molecule is CCNCc1ccc(N(C)C(CC)CC)nc1C. The number of hydrogen-bond acceptors (Lipinski definition) is 3. The monoisotopic (exact) mass is 249 g/mol. The molecule has 0 saturated heterocycles. The summed E-state index contributed by atoms with van der Waals surface area (Å²) < 4.78 is 0. The number of hydrogen-bond donors (Lipinski definition) is 1. The summed E-state index contributed by atoms with van der Waals surface area (Å²) in [6, 6.07) is 4.91. The predicted octanol–water partition coefficient (Wildman–Crippen LogP) is 3.12. The molecule has 1 N–H and O–H groups in total. The molecule has 0 fully saturated rings. The van der Waals surface area contributed by atoms with E-state index >= 15 is 0 Å². The Kier molecular flexibility index (Phi) is 6.13. The summed E-state index contributed by atoms with van der Waals surface area (Å²) in [4.78, 5) is 7.02. The lowest BCUT2D eigenvalue weighted by atomic mass is 10.1. The highest BCUT2D eigenvalue weighted by molar-refractivity contribution is 5.41. The number of anilines is 1. The maximum atomic E-state index is 4.73. The molecule has 0 bridgehead atoms. The largest absolute Gasteiger partial charge is 0.357 e. The first kappa shape index (κ1) is 15.0. The Morgan fingerprint density at radius 2 is 1.89 bits per heavy atom. The van der Waals surface area contributed by atoms with Crippen LogP contribution in [0.25, 0.3) is 0 Å². The van der Waals surface area contributed by atoms with Crippen LogP contribution in [-0.2, 0) is 6.54 Å². The summed E-state index contributed by atoms with van der Waals surface area (Å²) in [7, 11) is 2.14. The van der Waals surface area contributed by atoms with Crippen molar-refractivity contribution in [3.05, 3.63) is 23.4 Å². The molecule has 1 aromatic heterocycles. The van der Waals surface area contributed by atoms with E-state index in [9.17, 15) is 0 Å². The second-order valence-electron chi connectivity index (χ2n) is 4.78. The van der Waals surface area contributed by atoms with Crippen molar-refractivity contribution in [3.8, 4) is 0 Å². The summed E-state index contributed by atoms with van der Waals surface area (Å²) in [6.07, 6.45) is 2.32. The number of rotatable bonds is 7. The Bertz CT molecular complexity index is 359. The molecule has 0 radical (unpaired) electrons. The molecule has 0 aliphatic heterocycles. The first-order chi connectivity index (χ1) is 8.63. The van der Waals surface area contributed by atoms with Gasteiger partial charge in [0.05, 0.1) is 0 Å². The van der Waals surface area contributed by atoms with Gasteiger partial charge < -0.3 is 10.2 Å². The van der Waals surface area contributed by atoms with Crippen molar-refractivity contribution in [2.75, 3.05) is 18.5 Å². The summed E-state index contributed by atoms with van der Waals surface area (Å²) in [5, 5.41) is 3.35. The Labute approximate surface area is 112 Å². The van der Waals surface area contributed by atoms with Crippen LogP contribution in [-0.4, -0.2) is 24.6 Å². The van der Waals surface area contributed by atoms with Gasteiger partial charge in [0.15, 0.2) is 0 Å². The average molecular weight is 249 g/mol. The lowest BCUT2D eigenvalue weighted by molar-refractivity contribution is 0.586. The third-order valence-electron chi connectivity index (χ3n) is 3.60. The van der Waals surface area contributed by atoms with E-state index in [0.29, 0.717) is 6.04 Å². The molecule has 0 saturated carbocycles. The van der Waals surface area contributed by atoms with E-state index in [1.54, 1.807) is 0 Å². The van der Waals surface area contributed by atoms with Crippen molar-refractivity contribution in [3.63, 3.8) is 0 Å². The lowest BCUT2D eigenvalue weighted by Crippen LogP contribution is -2.31. The van der Waals surface area contributed by atoms with Gasteiger partial charge in [-0.15, -0.1) is 0 Å². The smallest absolute Gasteiger partial charge is 0.128 e. The number of nitrogens with one attached hydrogen (secondary N) is 1. The molecule has 0 atom stereocenters. The van der Waals surface area contributed by atoms with Gasteiger partial charge in [-0.2, -0.15) is 0 Å². The molecule has 3 nitrogen and oxygen atoms in total. The average Bonchev–Trinajstić information content (AvgIpc) is 2.38. The molecular weight excluding hydrogens is 222 g/mol. The lowest BCUT2D eigenvalue weighted by Gasteiger charge is -2.27. The minimum Gasteiger partial charge on any atom is -0.357 e. The second-order valence-corrected chi connectivity index (χ2v) is 4.78. The van der Waals surface area contributed by atoms with Gasteiger partial charge in [-0.05, 0) is 37.9 Å². The number of pyridine rings is 1. The van der Waals surface area contributed by atoms with Crippen LogP contribution in [0.15, 0.2) is 12.1 Å². The molecule has 0 amide bonds. The highest BCUT2D eigenvalue weighted by Crippen LogP contribution is 2.18. The minimum absolute atomic E-state index is 0.580. The second kappa shape index (κ2) is 7.37. The third kappa shape index (κ3) is 3.70. The fourth-order valence-corrected chi connectivity index (χ4v) is 2.24. The Morgan fingerprint density at radius 3 is 2.39 bits per heavy atom. The van der Waals surface area contributed by atoms with Crippen LogP contribution < -0.4 is 10.2 Å². The van der Waals surface area contributed by atoms with Crippen molar-refractivity contribution in [2.45, 2.75) is 53.1 Å². The van der Waals surface area contributed by atoms with Gasteiger partial charge in [0, 0.05) is 25.3 Å². The first-order valence-electron chi connectivity index (χ1n) is 7.04. The minimum atomic E-state index is 0.580. The van der Waals surface area contributed by atoms with Crippen LogP contribution in [0, 0.1) is 6.92 Å². The van der Waals surface area contributed by atoms with Gasteiger partial charge in [0.1, 0.15) is 5.82 Å². The van der Waals surface area contributed by atoms with Crippen molar-refractivity contribution in [1.82, 2.24) is 10.3 Å². The zero-order valence-corrected chi connectivity index (χ0v) is 12.5. The van der Waals surface area contributed by atoms with Crippen LogP contribution in [0.1, 0.15) is 44.9 Å². The molecule has 0 aromatic carbocycles. The highest BCUT2D eigenvalue weighted by Gasteiger charge is 2.13. The highest BCUT2D eigenvalue weighted by atomic mass is 15.2. The molecule has 0 aliphatic rings. The third-order valence-corrected chi connectivity index (χ3v) is 3.60. The van der Waals surface area contributed by atoms with E-state index in [-0.39, 0.29) is 0 Å². The summed E-state index contributed by atoms with van der Waals surface area (Å²) in [6.45, 7) is 10.6. The summed E-state index contributed by atoms with van der Waals surface area (Å²) in [5.74, 6) is 1.08. The van der Waals surface area contributed by atoms with Crippen LogP contribution in [0.2, 0.25) is 0 Å². The van der Waals surface area contributed by atoms with Crippen LogP contribution >= 0.6 is 0 Å². The van der Waals surface area contributed by atoms with Gasteiger partial charge in [-0.1, -0.05) is 26.8 Å². The molecule has 0 aliphatic carbocycles. The van der Waals surface area contributed by atoms with E-state index in [0.717, 1.165) is 37.4 Å². The number of nitrogens with zero attached hydrogens (tertiary/aromatic N) is 2. The normalized spacial score (nSPS) is 11.0. The quantitative estimate of drug-likeness (QED) is 0.804. The molecule has 102 valence electrons. The van der Waals surface area contributed by atoms with Crippen molar-refractivity contribution in [2.24, 2.45) is 0 Å². The molecule has 0 spiro atoms. The molecule has 1 heterocycles. The molecular formula is C15H27N3. The number of aryl methyl sites for hydroxylation is 1. The maximum absolute atomic E-state index is 4.73. The van der Waals surface area contributed by atoms with Crippen molar-refractivity contribution < 1.29 is 0 Å². The fourth-order valence-electron chi connectivity index (χ4n) is 2.24. The van der Waals surface area contributed by atoms with Crippen molar-refractivity contribution in [1.29, 1.82) is 0 Å². The van der Waals surface area contributed by atoms with E-state index in [1.807, 2.05) is 0 Å². The number of aromatic nitrogens is 1. The maximum Gasteiger partial charge on any atom is 0.128 e. The molecule has 18 heavy (non-hydrogen) atoms. The van der Waals surface area contributed by atoms with Crippen LogP contribution in [0.3, 0.4) is 0 Å². The van der Waals surface area contributed by atoms with Crippen molar-refractivity contribution >= 4 is 5.82 Å². The Morgan fingerprint density at radius 1 is 1.22 bits per heavy atom. The summed E-state index contributed by atoms with van der Waals surface area (Å²) >= 11 is 0. The zero-order chi connectivity index (χ0) is 13.5. The van der Waals surface area contributed by atoms with E-state index < -0.39 is 0 Å². The van der Waals surface area contributed by atoms with Gasteiger partial charge in [0.25, 0.3) is 0 Å². The van der Waals surface area contributed by atoms with Crippen LogP contribution in [0.5, 0.6) is 0 Å². The summed E-state index contributed by atoms with van der Waals surface area (Å²) in [5.41, 5.74) is 2.42. The predicted molar refractivity (Wildman–Crippen MR) is 79.1 cm³/mol. The van der Waals surface area contributed by atoms with Crippen LogP contribution in [0.4, 0.5) is 5.82 Å². The van der Waals surface area contributed by atoms with E-state index in [4.69, 9.17) is 4.98 Å². The first-order valence-corrected chi connectivity index (χ1v) is 7.04. The van der Waals surface area contributed by atoms with E-state index in [1.165, 1.54) is 5.56 Å². The topological polar surface area (TPSA) is 28.2 Å². The zero-order valence-electron chi connectivity index (χ0n) is 12.5. The van der Waals surface area contributed by atoms with Gasteiger partial charge >= 0.3 is 0 Å². The Balaban J connectivity index is 2.82. The fraction of sp³-hybridized carbons (Fsp3) is 0.667. The standard InChI is InChI=1S/C15H27N3/c1-6-14(7-2)18(5)15-10-9-13(11-16-8-3)12(4)17-15/h9-10,14,16H,6-8,11H2,1-5H3. The molecule has 0 unspecified atom stereocenters.